The van der Waals surface area contributed by atoms with Gasteiger partial charge in [0.2, 0.25) is 0 Å². The van der Waals surface area contributed by atoms with Gasteiger partial charge >= 0.3 is 0 Å². The number of hydrogen-bond acceptors (Lipinski definition) is 6. The predicted molar refractivity (Wildman–Crippen MR) is 79.2 cm³/mol. The molecule has 21 heavy (non-hydrogen) atoms. The van der Waals surface area contributed by atoms with Crippen molar-refractivity contribution < 1.29 is 18.4 Å². The minimum Gasteiger partial charge on any atom is -0.389 e. The molecule has 1 saturated heterocycles. The topological polar surface area (TPSA) is 101 Å². The highest BCUT2D eigenvalue weighted by Crippen LogP contribution is 2.32. The molecule has 8 heteroatoms. The summed E-state index contributed by atoms with van der Waals surface area (Å²) in [7, 11) is -3.07. The lowest BCUT2D eigenvalue weighted by Crippen LogP contribution is -2.27. The SMILES string of the molecule is CC(O)c1ccc(N2CCCS(=O)(=O)CC2)c([N+](=O)[O-])c1. The third kappa shape index (κ3) is 3.70. The number of nitro groups is 1. The van der Waals surface area contributed by atoms with E-state index >= 15 is 0 Å². The molecule has 1 aromatic carbocycles. The Hall–Kier alpha value is -1.67. The summed E-state index contributed by atoms with van der Waals surface area (Å²) < 4.78 is 23.2. The van der Waals surface area contributed by atoms with E-state index in [0.29, 0.717) is 24.2 Å². The maximum absolute atomic E-state index is 11.6. The molecule has 0 bridgehead atoms. The van der Waals surface area contributed by atoms with Crippen LogP contribution in [0.15, 0.2) is 18.2 Å². The van der Waals surface area contributed by atoms with Crippen LogP contribution < -0.4 is 4.90 Å². The molecule has 1 atom stereocenters. The van der Waals surface area contributed by atoms with E-state index in [1.165, 1.54) is 13.0 Å². The Labute approximate surface area is 123 Å². The van der Waals surface area contributed by atoms with Gasteiger partial charge in [-0.3, -0.25) is 10.1 Å². The van der Waals surface area contributed by atoms with Gasteiger partial charge in [0.1, 0.15) is 5.69 Å². The van der Waals surface area contributed by atoms with E-state index in [1.807, 2.05) is 0 Å². The molecule has 7 nitrogen and oxygen atoms in total. The Morgan fingerprint density at radius 1 is 1.33 bits per heavy atom. The minimum atomic E-state index is -3.07. The third-order valence-corrected chi connectivity index (χ3v) is 5.29. The Kier molecular flexibility index (Phi) is 4.48. The van der Waals surface area contributed by atoms with Crippen molar-refractivity contribution in [1.29, 1.82) is 0 Å². The number of nitro benzene ring substituents is 1. The van der Waals surface area contributed by atoms with Crippen LogP contribution in [0.3, 0.4) is 0 Å². The zero-order valence-corrected chi connectivity index (χ0v) is 12.5. The molecule has 1 aliphatic rings. The van der Waals surface area contributed by atoms with Crippen molar-refractivity contribution in [1.82, 2.24) is 0 Å². The summed E-state index contributed by atoms with van der Waals surface area (Å²) in [5.74, 6) is 0.116. The van der Waals surface area contributed by atoms with Crippen molar-refractivity contribution >= 4 is 21.2 Å². The van der Waals surface area contributed by atoms with Crippen molar-refractivity contribution in [2.24, 2.45) is 0 Å². The van der Waals surface area contributed by atoms with Crippen LogP contribution in [-0.2, 0) is 9.84 Å². The molecule has 0 radical (unpaired) electrons. The molecular weight excluding hydrogens is 296 g/mol. The molecule has 1 aliphatic heterocycles. The maximum Gasteiger partial charge on any atom is 0.292 e. The van der Waals surface area contributed by atoms with Crippen LogP contribution in [0.5, 0.6) is 0 Å². The van der Waals surface area contributed by atoms with Crippen molar-refractivity contribution in [3.05, 3.63) is 33.9 Å². The molecule has 1 aromatic rings. The molecule has 2 rings (SSSR count). The lowest BCUT2D eigenvalue weighted by atomic mass is 10.1. The highest BCUT2D eigenvalue weighted by atomic mass is 32.2. The van der Waals surface area contributed by atoms with Gasteiger partial charge in [-0.15, -0.1) is 0 Å². The Morgan fingerprint density at radius 2 is 2.05 bits per heavy atom. The summed E-state index contributed by atoms with van der Waals surface area (Å²) in [4.78, 5) is 12.5. The monoisotopic (exact) mass is 314 g/mol. The van der Waals surface area contributed by atoms with Gasteiger partial charge < -0.3 is 10.0 Å². The van der Waals surface area contributed by atoms with E-state index < -0.39 is 20.9 Å². The number of aliphatic hydroxyl groups is 1. The minimum absolute atomic E-state index is 0.00229. The predicted octanol–water partition coefficient (Wildman–Crippen LogP) is 1.27. The van der Waals surface area contributed by atoms with Gasteiger partial charge in [-0.05, 0) is 25.0 Å². The van der Waals surface area contributed by atoms with Crippen LogP contribution in [0.4, 0.5) is 11.4 Å². The molecule has 1 N–H and O–H groups in total. The third-order valence-electron chi connectivity index (χ3n) is 3.57. The summed E-state index contributed by atoms with van der Waals surface area (Å²) in [5.41, 5.74) is 0.766. The molecule has 0 aliphatic carbocycles. The van der Waals surface area contributed by atoms with Crippen molar-refractivity contribution in [2.75, 3.05) is 29.5 Å². The number of benzene rings is 1. The standard InChI is InChI=1S/C13H18N2O5S/c1-10(16)11-3-4-12(13(9-11)15(17)18)14-5-2-7-21(19,20)8-6-14/h3-4,9-10,16H,2,5-8H2,1H3. The van der Waals surface area contributed by atoms with Gasteiger partial charge in [-0.25, -0.2) is 8.42 Å². The second-order valence-electron chi connectivity index (χ2n) is 5.17. The average Bonchev–Trinajstić information content (AvgIpc) is 2.59. The van der Waals surface area contributed by atoms with Gasteiger partial charge in [-0.1, -0.05) is 6.07 Å². The first-order chi connectivity index (χ1) is 9.80. The normalized spacial score (nSPS) is 19.8. The molecule has 1 unspecified atom stereocenters. The van der Waals surface area contributed by atoms with E-state index in [-0.39, 0.29) is 23.7 Å². The summed E-state index contributed by atoms with van der Waals surface area (Å²) in [5, 5.41) is 20.8. The Bertz CT molecular complexity index is 642. The van der Waals surface area contributed by atoms with E-state index in [0.717, 1.165) is 0 Å². The zero-order valence-electron chi connectivity index (χ0n) is 11.7. The van der Waals surface area contributed by atoms with Crippen molar-refractivity contribution in [3.63, 3.8) is 0 Å². The highest BCUT2D eigenvalue weighted by Gasteiger charge is 2.25. The average molecular weight is 314 g/mol. The van der Waals surface area contributed by atoms with E-state index in [2.05, 4.69) is 0 Å². The molecule has 1 heterocycles. The van der Waals surface area contributed by atoms with Crippen LogP contribution in [0.2, 0.25) is 0 Å². The van der Waals surface area contributed by atoms with Crippen molar-refractivity contribution in [3.8, 4) is 0 Å². The number of sulfone groups is 1. The summed E-state index contributed by atoms with van der Waals surface area (Å²) in [6, 6.07) is 4.56. The number of rotatable bonds is 3. The Balaban J connectivity index is 2.36. The molecule has 1 fully saturated rings. The first-order valence-electron chi connectivity index (χ1n) is 6.72. The lowest BCUT2D eigenvalue weighted by molar-refractivity contribution is -0.384. The molecule has 0 saturated carbocycles. The smallest absolute Gasteiger partial charge is 0.292 e. The largest absolute Gasteiger partial charge is 0.389 e. The number of nitrogens with zero attached hydrogens (tertiary/aromatic N) is 2. The van der Waals surface area contributed by atoms with Crippen LogP contribution in [-0.4, -0.2) is 43.0 Å². The van der Waals surface area contributed by atoms with Crippen LogP contribution in [0.25, 0.3) is 0 Å². The van der Waals surface area contributed by atoms with E-state index in [4.69, 9.17) is 0 Å². The fourth-order valence-electron chi connectivity index (χ4n) is 2.39. The van der Waals surface area contributed by atoms with Gasteiger partial charge in [0.15, 0.2) is 9.84 Å². The van der Waals surface area contributed by atoms with Gasteiger partial charge in [0.25, 0.3) is 5.69 Å². The van der Waals surface area contributed by atoms with Crippen LogP contribution >= 0.6 is 0 Å². The highest BCUT2D eigenvalue weighted by molar-refractivity contribution is 7.91. The van der Waals surface area contributed by atoms with Crippen LogP contribution in [0, 0.1) is 10.1 Å². The second-order valence-corrected chi connectivity index (χ2v) is 7.48. The second kappa shape index (κ2) is 5.98. The molecule has 0 spiro atoms. The molecular formula is C13H18N2O5S. The fourth-order valence-corrected chi connectivity index (χ4v) is 3.66. The van der Waals surface area contributed by atoms with Crippen molar-refractivity contribution in [2.45, 2.75) is 19.4 Å². The summed E-state index contributed by atoms with van der Waals surface area (Å²) in [6.07, 6.45) is -0.334. The quantitative estimate of drug-likeness (QED) is 0.666. The van der Waals surface area contributed by atoms with Gasteiger partial charge in [-0.2, -0.15) is 0 Å². The number of anilines is 1. The summed E-state index contributed by atoms with van der Waals surface area (Å²) in [6.45, 7) is 2.25. The molecule has 116 valence electrons. The first kappa shape index (κ1) is 15.7. The Morgan fingerprint density at radius 3 is 2.67 bits per heavy atom. The van der Waals surface area contributed by atoms with Gasteiger partial charge in [0.05, 0.1) is 22.5 Å². The maximum atomic E-state index is 11.6. The fraction of sp³-hybridized carbons (Fsp3) is 0.538. The first-order valence-corrected chi connectivity index (χ1v) is 8.54. The van der Waals surface area contributed by atoms with E-state index in [9.17, 15) is 23.6 Å². The molecule has 0 amide bonds. The lowest BCUT2D eigenvalue weighted by Gasteiger charge is -2.22. The van der Waals surface area contributed by atoms with E-state index in [1.54, 1.807) is 17.0 Å². The molecule has 0 aromatic heterocycles. The van der Waals surface area contributed by atoms with Crippen LogP contribution in [0.1, 0.15) is 25.0 Å². The summed E-state index contributed by atoms with van der Waals surface area (Å²) >= 11 is 0. The van der Waals surface area contributed by atoms with Gasteiger partial charge in [0, 0.05) is 19.2 Å². The number of aliphatic hydroxyl groups excluding tert-OH is 1. The number of hydrogen-bond donors (Lipinski definition) is 1. The zero-order chi connectivity index (χ0) is 15.6.